The van der Waals surface area contributed by atoms with Gasteiger partial charge in [0, 0.05) is 22.6 Å². The molecule has 4 rings (SSSR count). The van der Waals surface area contributed by atoms with Crippen molar-refractivity contribution in [1.29, 1.82) is 0 Å². The van der Waals surface area contributed by atoms with Crippen LogP contribution in [0.15, 0.2) is 18.2 Å². The molecule has 19 heavy (non-hydrogen) atoms. The van der Waals surface area contributed by atoms with E-state index in [-0.39, 0.29) is 0 Å². The number of nitrogens with one attached hydrogen (secondary N) is 1. The first-order chi connectivity index (χ1) is 9.33. The highest BCUT2D eigenvalue weighted by Gasteiger charge is 2.28. The molecule has 1 N–H and O–H groups in total. The molecule has 2 heterocycles. The Labute approximate surface area is 114 Å². The van der Waals surface area contributed by atoms with Gasteiger partial charge in [-0.15, -0.1) is 0 Å². The normalized spacial score (nSPS) is 23.9. The van der Waals surface area contributed by atoms with Crippen LogP contribution in [-0.4, -0.2) is 29.0 Å². The summed E-state index contributed by atoms with van der Waals surface area (Å²) in [7, 11) is 0. The van der Waals surface area contributed by atoms with Crippen molar-refractivity contribution in [2.75, 3.05) is 13.1 Å². The van der Waals surface area contributed by atoms with E-state index in [2.05, 4.69) is 35.0 Å². The van der Waals surface area contributed by atoms with E-state index in [1.807, 2.05) is 0 Å². The average molecular weight is 254 g/mol. The second-order valence-electron chi connectivity index (χ2n) is 6.22. The van der Waals surface area contributed by atoms with Crippen LogP contribution in [-0.2, 0) is 12.8 Å². The van der Waals surface area contributed by atoms with Crippen LogP contribution in [0.25, 0.3) is 10.9 Å². The molecular weight excluding hydrogens is 232 g/mol. The van der Waals surface area contributed by atoms with Crippen LogP contribution in [0.4, 0.5) is 0 Å². The van der Waals surface area contributed by atoms with Gasteiger partial charge in [0.25, 0.3) is 0 Å². The number of para-hydroxylation sites is 1. The van der Waals surface area contributed by atoms with Crippen LogP contribution in [0, 0.1) is 6.92 Å². The second kappa shape index (κ2) is 4.38. The third-order valence-electron chi connectivity index (χ3n) is 5.06. The summed E-state index contributed by atoms with van der Waals surface area (Å²) in [5.74, 6) is 0. The highest BCUT2D eigenvalue weighted by molar-refractivity contribution is 5.87. The molecule has 1 aromatic heterocycles. The molecule has 2 nitrogen and oxygen atoms in total. The monoisotopic (exact) mass is 254 g/mol. The lowest BCUT2D eigenvalue weighted by molar-refractivity contribution is 0.222. The van der Waals surface area contributed by atoms with Crippen molar-refractivity contribution in [3.8, 4) is 0 Å². The first-order valence-electron chi connectivity index (χ1n) is 7.66. The van der Waals surface area contributed by atoms with Crippen LogP contribution in [0.5, 0.6) is 0 Å². The van der Waals surface area contributed by atoms with E-state index >= 15 is 0 Å². The maximum Gasteiger partial charge on any atom is 0.0488 e. The molecule has 1 fully saturated rings. The van der Waals surface area contributed by atoms with Crippen LogP contribution in [0.2, 0.25) is 0 Å². The van der Waals surface area contributed by atoms with E-state index < -0.39 is 0 Å². The molecule has 2 heteroatoms. The van der Waals surface area contributed by atoms with Crippen LogP contribution in [0.3, 0.4) is 0 Å². The van der Waals surface area contributed by atoms with Gasteiger partial charge in [0.05, 0.1) is 0 Å². The van der Waals surface area contributed by atoms with E-state index in [9.17, 15) is 0 Å². The van der Waals surface area contributed by atoms with E-state index in [4.69, 9.17) is 0 Å². The van der Waals surface area contributed by atoms with Gasteiger partial charge in [-0.25, -0.2) is 0 Å². The third kappa shape index (κ3) is 1.81. The van der Waals surface area contributed by atoms with Gasteiger partial charge in [0.15, 0.2) is 0 Å². The maximum atomic E-state index is 3.68. The summed E-state index contributed by atoms with van der Waals surface area (Å²) in [6.07, 6.45) is 6.61. The molecule has 1 aliphatic carbocycles. The standard InChI is InChI=1S/C17H22N2/c1-12-5-4-6-14-15-11-13(19-9-2-3-10-19)7-8-16(15)18-17(12)14/h4-6,13,18H,2-3,7-11H2,1H3. The van der Waals surface area contributed by atoms with Gasteiger partial charge >= 0.3 is 0 Å². The van der Waals surface area contributed by atoms with E-state index in [1.54, 1.807) is 5.56 Å². The Morgan fingerprint density at radius 1 is 1.21 bits per heavy atom. The smallest absolute Gasteiger partial charge is 0.0488 e. The van der Waals surface area contributed by atoms with Gasteiger partial charge in [0.1, 0.15) is 0 Å². The fraction of sp³-hybridized carbons (Fsp3) is 0.529. The molecule has 0 bridgehead atoms. The van der Waals surface area contributed by atoms with Crippen molar-refractivity contribution in [2.45, 2.75) is 45.1 Å². The average Bonchev–Trinajstić information content (AvgIpc) is 3.05. The lowest BCUT2D eigenvalue weighted by Gasteiger charge is -2.31. The van der Waals surface area contributed by atoms with Crippen molar-refractivity contribution in [3.63, 3.8) is 0 Å². The number of likely N-dealkylation sites (tertiary alicyclic amines) is 1. The van der Waals surface area contributed by atoms with Gasteiger partial charge in [-0.2, -0.15) is 0 Å². The predicted molar refractivity (Wildman–Crippen MR) is 79.7 cm³/mol. The molecule has 1 atom stereocenters. The second-order valence-corrected chi connectivity index (χ2v) is 6.22. The van der Waals surface area contributed by atoms with Gasteiger partial charge < -0.3 is 9.88 Å². The van der Waals surface area contributed by atoms with Gasteiger partial charge in [0.2, 0.25) is 0 Å². The number of aromatic nitrogens is 1. The number of hydrogen-bond acceptors (Lipinski definition) is 1. The van der Waals surface area contributed by atoms with Crippen LogP contribution < -0.4 is 0 Å². The van der Waals surface area contributed by atoms with Crippen LogP contribution in [0.1, 0.15) is 36.1 Å². The summed E-state index contributed by atoms with van der Waals surface area (Å²) in [6, 6.07) is 7.49. The quantitative estimate of drug-likeness (QED) is 0.826. The van der Waals surface area contributed by atoms with Crippen molar-refractivity contribution in [3.05, 3.63) is 35.0 Å². The number of fused-ring (bicyclic) bond motifs is 3. The minimum Gasteiger partial charge on any atom is -0.358 e. The lowest BCUT2D eigenvalue weighted by Crippen LogP contribution is -2.37. The molecule has 2 aliphatic rings. The Kier molecular flexibility index (Phi) is 2.66. The van der Waals surface area contributed by atoms with Crippen LogP contribution >= 0.6 is 0 Å². The Morgan fingerprint density at radius 3 is 2.89 bits per heavy atom. The summed E-state index contributed by atoms with van der Waals surface area (Å²) in [6.45, 7) is 4.85. The minimum atomic E-state index is 0.787. The summed E-state index contributed by atoms with van der Waals surface area (Å²) in [5.41, 5.74) is 5.85. The number of aryl methyl sites for hydroxylation is 2. The molecule has 0 spiro atoms. The van der Waals surface area contributed by atoms with E-state index in [0.29, 0.717) is 0 Å². The molecule has 1 aliphatic heterocycles. The summed E-state index contributed by atoms with van der Waals surface area (Å²) in [4.78, 5) is 6.40. The number of benzene rings is 1. The van der Waals surface area contributed by atoms with Gasteiger partial charge in [-0.3, -0.25) is 0 Å². The SMILES string of the molecule is Cc1cccc2c3c([nH]c12)CCC(N1CCCC1)C3. The fourth-order valence-corrected chi connectivity index (χ4v) is 3.99. The van der Waals surface area contributed by atoms with Crippen molar-refractivity contribution in [1.82, 2.24) is 9.88 Å². The maximum absolute atomic E-state index is 3.68. The first kappa shape index (κ1) is 11.5. The topological polar surface area (TPSA) is 19.0 Å². The van der Waals surface area contributed by atoms with Crippen molar-refractivity contribution >= 4 is 10.9 Å². The van der Waals surface area contributed by atoms with Gasteiger partial charge in [-0.05, 0) is 63.2 Å². The number of nitrogens with zero attached hydrogens (tertiary/aromatic N) is 1. The van der Waals surface area contributed by atoms with Crippen molar-refractivity contribution < 1.29 is 0 Å². The summed E-state index contributed by atoms with van der Waals surface area (Å²) < 4.78 is 0. The Morgan fingerprint density at radius 2 is 2.05 bits per heavy atom. The molecule has 1 saturated heterocycles. The van der Waals surface area contributed by atoms with Crippen molar-refractivity contribution in [2.24, 2.45) is 0 Å². The Bertz CT molecular complexity index is 605. The molecule has 1 unspecified atom stereocenters. The zero-order valence-corrected chi connectivity index (χ0v) is 11.7. The molecule has 1 aromatic carbocycles. The lowest BCUT2D eigenvalue weighted by atomic mass is 9.90. The zero-order chi connectivity index (χ0) is 12.8. The summed E-state index contributed by atoms with van der Waals surface area (Å²) in [5, 5.41) is 1.47. The Balaban J connectivity index is 1.73. The molecular formula is C17H22N2. The van der Waals surface area contributed by atoms with Gasteiger partial charge in [-0.1, -0.05) is 18.2 Å². The highest BCUT2D eigenvalue weighted by Crippen LogP contribution is 2.33. The number of hydrogen-bond donors (Lipinski definition) is 1. The molecule has 100 valence electrons. The predicted octanol–water partition coefficient (Wildman–Crippen LogP) is 3.43. The number of rotatable bonds is 1. The third-order valence-corrected chi connectivity index (χ3v) is 5.06. The Hall–Kier alpha value is -1.28. The fourth-order valence-electron chi connectivity index (χ4n) is 3.99. The minimum absolute atomic E-state index is 0.787. The number of aromatic amines is 1. The highest BCUT2D eigenvalue weighted by atomic mass is 15.2. The van der Waals surface area contributed by atoms with E-state index in [1.165, 1.54) is 67.4 Å². The molecule has 2 aromatic rings. The number of H-pyrrole nitrogens is 1. The first-order valence-corrected chi connectivity index (χ1v) is 7.66. The molecule has 0 saturated carbocycles. The largest absolute Gasteiger partial charge is 0.358 e. The molecule has 0 amide bonds. The van der Waals surface area contributed by atoms with E-state index in [0.717, 1.165) is 6.04 Å². The summed E-state index contributed by atoms with van der Waals surface area (Å²) >= 11 is 0. The zero-order valence-electron chi connectivity index (χ0n) is 11.7. The molecule has 0 radical (unpaired) electrons.